The van der Waals surface area contributed by atoms with E-state index >= 15 is 0 Å². The molecule has 0 spiro atoms. The Hall–Kier alpha value is -2.85. The van der Waals surface area contributed by atoms with E-state index in [1.165, 1.54) is 5.56 Å². The fourth-order valence-corrected chi connectivity index (χ4v) is 3.09. The molecule has 1 heterocycles. The second-order valence-corrected chi connectivity index (χ2v) is 6.06. The van der Waals surface area contributed by atoms with Crippen molar-refractivity contribution in [2.75, 3.05) is 4.90 Å². The zero-order chi connectivity index (χ0) is 16.7. The first-order chi connectivity index (χ1) is 11.6. The van der Waals surface area contributed by atoms with Crippen LogP contribution in [-0.2, 0) is 11.2 Å². The van der Waals surface area contributed by atoms with Crippen molar-refractivity contribution >= 4 is 34.8 Å². The zero-order valence-electron chi connectivity index (χ0n) is 12.6. The van der Waals surface area contributed by atoms with Gasteiger partial charge in [-0.25, -0.2) is 9.69 Å². The number of allylic oxidation sites excluding steroid dienone is 3. The van der Waals surface area contributed by atoms with E-state index in [4.69, 9.17) is 11.6 Å². The third-order valence-corrected chi connectivity index (χ3v) is 4.39. The summed E-state index contributed by atoms with van der Waals surface area (Å²) in [7, 11) is 0. The minimum atomic E-state index is -0.458. The summed E-state index contributed by atoms with van der Waals surface area (Å²) in [6.45, 7) is 0. The van der Waals surface area contributed by atoms with Gasteiger partial charge in [-0.15, -0.1) is 0 Å². The maximum atomic E-state index is 12.6. The lowest BCUT2D eigenvalue weighted by Crippen LogP contribution is -2.30. The molecule has 1 fully saturated rings. The number of rotatable bonds is 2. The van der Waals surface area contributed by atoms with Crippen LogP contribution in [0.2, 0.25) is 5.02 Å². The fourth-order valence-electron chi connectivity index (χ4n) is 2.96. The number of nitrogens with zero attached hydrogens (tertiary/aromatic N) is 1. The van der Waals surface area contributed by atoms with E-state index in [0.29, 0.717) is 10.7 Å². The van der Waals surface area contributed by atoms with Crippen molar-refractivity contribution in [1.29, 1.82) is 0 Å². The van der Waals surface area contributed by atoms with Crippen molar-refractivity contribution < 1.29 is 9.59 Å². The molecule has 0 bridgehead atoms. The Labute approximate surface area is 144 Å². The summed E-state index contributed by atoms with van der Waals surface area (Å²) in [5, 5.41) is 3.20. The summed E-state index contributed by atoms with van der Waals surface area (Å²) in [6.07, 6.45) is 4.63. The molecule has 118 valence electrons. The highest BCUT2D eigenvalue weighted by Gasteiger charge is 2.35. The van der Waals surface area contributed by atoms with Gasteiger partial charge in [-0.2, -0.15) is 0 Å². The Balaban J connectivity index is 1.66. The fraction of sp³-hybridized carbons (Fsp3) is 0.0526. The molecule has 0 atom stereocenters. The van der Waals surface area contributed by atoms with Crippen LogP contribution in [0.1, 0.15) is 11.1 Å². The Morgan fingerprint density at radius 3 is 2.58 bits per heavy atom. The van der Waals surface area contributed by atoms with Gasteiger partial charge in [-0.3, -0.25) is 4.79 Å². The number of hydrogen-bond acceptors (Lipinski definition) is 2. The lowest BCUT2D eigenvalue weighted by Gasteiger charge is -2.11. The van der Waals surface area contributed by atoms with Crippen molar-refractivity contribution in [2.24, 2.45) is 0 Å². The Morgan fingerprint density at radius 1 is 1.04 bits per heavy atom. The number of benzene rings is 2. The van der Waals surface area contributed by atoms with Crippen molar-refractivity contribution in [3.63, 3.8) is 0 Å². The molecule has 5 heteroatoms. The van der Waals surface area contributed by atoms with E-state index in [0.717, 1.165) is 22.5 Å². The number of halogens is 1. The smallest absolute Gasteiger partial charge is 0.302 e. The highest BCUT2D eigenvalue weighted by Crippen LogP contribution is 2.30. The van der Waals surface area contributed by atoms with Crippen LogP contribution in [0.5, 0.6) is 0 Å². The SMILES string of the molecule is O=C1N/C(=C/C2=CCc3ccccc32)C(=O)N1c1ccc(Cl)cc1. The summed E-state index contributed by atoms with van der Waals surface area (Å²) in [4.78, 5) is 25.9. The van der Waals surface area contributed by atoms with Gasteiger partial charge in [0.05, 0.1) is 5.69 Å². The quantitative estimate of drug-likeness (QED) is 0.667. The maximum Gasteiger partial charge on any atom is 0.333 e. The van der Waals surface area contributed by atoms with Gasteiger partial charge in [-0.1, -0.05) is 41.9 Å². The van der Waals surface area contributed by atoms with E-state index in [-0.39, 0.29) is 11.6 Å². The lowest BCUT2D eigenvalue weighted by molar-refractivity contribution is -0.113. The van der Waals surface area contributed by atoms with Crippen LogP contribution in [0, 0.1) is 0 Å². The predicted molar refractivity (Wildman–Crippen MR) is 93.7 cm³/mol. The number of imide groups is 1. The van der Waals surface area contributed by atoms with Crippen LogP contribution in [-0.4, -0.2) is 11.9 Å². The first-order valence-electron chi connectivity index (χ1n) is 7.54. The van der Waals surface area contributed by atoms with Crippen molar-refractivity contribution in [1.82, 2.24) is 5.32 Å². The molecule has 4 nitrogen and oxygen atoms in total. The van der Waals surface area contributed by atoms with Gasteiger partial charge >= 0.3 is 6.03 Å². The number of hydrogen-bond donors (Lipinski definition) is 1. The standard InChI is InChI=1S/C19H13ClN2O2/c20-14-7-9-15(10-8-14)22-18(23)17(21-19(22)24)11-13-6-5-12-3-1-2-4-16(12)13/h1-4,6-11H,5H2,(H,21,24)/b17-11+. The highest BCUT2D eigenvalue weighted by molar-refractivity contribution is 6.31. The normalized spacial score (nSPS) is 18.0. The summed E-state index contributed by atoms with van der Waals surface area (Å²) >= 11 is 5.86. The second kappa shape index (κ2) is 5.65. The molecule has 0 aromatic heterocycles. The third-order valence-electron chi connectivity index (χ3n) is 4.13. The number of carbonyl (C=O) groups is 2. The third kappa shape index (κ3) is 2.41. The Bertz CT molecular complexity index is 913. The molecule has 2 aromatic carbocycles. The van der Waals surface area contributed by atoms with E-state index in [1.54, 1.807) is 30.3 Å². The highest BCUT2D eigenvalue weighted by atomic mass is 35.5. The van der Waals surface area contributed by atoms with Crippen LogP contribution < -0.4 is 10.2 Å². The minimum absolute atomic E-state index is 0.276. The number of urea groups is 1. The van der Waals surface area contributed by atoms with Crippen LogP contribution in [0.3, 0.4) is 0 Å². The number of fused-ring (bicyclic) bond motifs is 1. The lowest BCUT2D eigenvalue weighted by atomic mass is 10.1. The molecular weight excluding hydrogens is 324 g/mol. The van der Waals surface area contributed by atoms with E-state index in [1.807, 2.05) is 18.2 Å². The summed E-state index contributed by atoms with van der Waals surface area (Å²) in [6, 6.07) is 14.2. The Kier molecular flexibility index (Phi) is 3.47. The van der Waals surface area contributed by atoms with Gasteiger partial charge in [0.25, 0.3) is 5.91 Å². The van der Waals surface area contributed by atoms with Gasteiger partial charge in [0.2, 0.25) is 0 Å². The van der Waals surface area contributed by atoms with Gasteiger partial charge in [-0.05, 0) is 53.5 Å². The zero-order valence-corrected chi connectivity index (χ0v) is 13.4. The average Bonchev–Trinajstić information content (AvgIpc) is 3.11. The first-order valence-corrected chi connectivity index (χ1v) is 7.92. The molecule has 1 saturated heterocycles. The number of anilines is 1. The van der Waals surface area contributed by atoms with E-state index in [2.05, 4.69) is 17.5 Å². The van der Waals surface area contributed by atoms with Crippen LogP contribution in [0.15, 0.2) is 66.4 Å². The number of amides is 3. The Morgan fingerprint density at radius 2 is 1.79 bits per heavy atom. The van der Waals surface area contributed by atoms with E-state index in [9.17, 15) is 9.59 Å². The van der Waals surface area contributed by atoms with Gasteiger partial charge in [0.1, 0.15) is 5.70 Å². The van der Waals surface area contributed by atoms with Gasteiger partial charge < -0.3 is 5.32 Å². The molecule has 24 heavy (non-hydrogen) atoms. The van der Waals surface area contributed by atoms with Crippen LogP contribution in [0.4, 0.5) is 10.5 Å². The van der Waals surface area contributed by atoms with Gasteiger partial charge in [0.15, 0.2) is 0 Å². The molecule has 0 saturated carbocycles. The van der Waals surface area contributed by atoms with E-state index < -0.39 is 6.03 Å². The molecule has 1 aliphatic carbocycles. The molecular formula is C19H13ClN2O2. The predicted octanol–water partition coefficient (Wildman–Crippen LogP) is 3.92. The average molecular weight is 337 g/mol. The topological polar surface area (TPSA) is 49.4 Å². The molecule has 0 unspecified atom stereocenters. The van der Waals surface area contributed by atoms with Crippen molar-refractivity contribution in [3.8, 4) is 0 Å². The second-order valence-electron chi connectivity index (χ2n) is 5.63. The first kappa shape index (κ1) is 14.7. The number of nitrogens with one attached hydrogen (secondary N) is 1. The van der Waals surface area contributed by atoms with Gasteiger partial charge in [0, 0.05) is 5.02 Å². The van der Waals surface area contributed by atoms with Crippen LogP contribution >= 0.6 is 11.6 Å². The number of carbonyl (C=O) groups excluding carboxylic acids is 2. The largest absolute Gasteiger partial charge is 0.333 e. The summed E-state index contributed by atoms with van der Waals surface area (Å²) in [5.41, 5.74) is 4.03. The molecule has 0 radical (unpaired) electrons. The summed E-state index contributed by atoms with van der Waals surface area (Å²) < 4.78 is 0. The maximum absolute atomic E-state index is 12.6. The molecule has 4 rings (SSSR count). The minimum Gasteiger partial charge on any atom is -0.302 e. The van der Waals surface area contributed by atoms with Crippen LogP contribution in [0.25, 0.3) is 5.57 Å². The summed E-state index contributed by atoms with van der Waals surface area (Å²) in [5.74, 6) is -0.368. The molecule has 1 aliphatic heterocycles. The molecule has 2 aliphatic rings. The van der Waals surface area contributed by atoms with Crippen molar-refractivity contribution in [3.05, 3.63) is 82.5 Å². The monoisotopic (exact) mass is 336 g/mol. The van der Waals surface area contributed by atoms with Crippen molar-refractivity contribution in [2.45, 2.75) is 6.42 Å². The molecule has 2 aromatic rings. The molecule has 1 N–H and O–H groups in total. The molecule has 3 amide bonds.